The molecule has 4 rings (SSSR count). The van der Waals surface area contributed by atoms with Gasteiger partial charge in [0.25, 0.3) is 0 Å². The topological polar surface area (TPSA) is 108 Å². The molecule has 0 aromatic carbocycles. The van der Waals surface area contributed by atoms with Gasteiger partial charge in [-0.05, 0) is 26.7 Å². The first-order valence-electron chi connectivity index (χ1n) is 8.40. The minimum atomic E-state index is -0.575. The van der Waals surface area contributed by atoms with Crippen LogP contribution in [0.1, 0.15) is 38.4 Å². The highest BCUT2D eigenvalue weighted by Crippen LogP contribution is 2.51. The zero-order chi connectivity index (χ0) is 17.1. The highest BCUT2D eigenvalue weighted by molar-refractivity contribution is 5.74. The van der Waals surface area contributed by atoms with Crippen LogP contribution >= 0.6 is 0 Å². The zero-order valence-electron chi connectivity index (χ0n) is 14.1. The van der Waals surface area contributed by atoms with E-state index in [-0.39, 0.29) is 24.2 Å². The number of ether oxygens (including phenoxy) is 2. The van der Waals surface area contributed by atoms with Crippen LogP contribution in [0.5, 0.6) is 0 Å². The van der Waals surface area contributed by atoms with Crippen LogP contribution in [0.15, 0.2) is 6.33 Å². The lowest BCUT2D eigenvalue weighted by atomic mass is 9.86. The van der Waals surface area contributed by atoms with Crippen molar-refractivity contribution in [3.05, 3.63) is 12.0 Å². The molecule has 2 aromatic rings. The Hall–Kier alpha value is -1.77. The lowest BCUT2D eigenvalue weighted by molar-refractivity contribution is -0.111. The monoisotopic (exact) mass is 333 g/mol. The molecule has 8 heteroatoms. The Kier molecular flexibility index (Phi) is 3.52. The molecule has 1 saturated heterocycles. The van der Waals surface area contributed by atoms with Gasteiger partial charge in [-0.3, -0.25) is 0 Å². The molecule has 1 saturated carbocycles. The van der Waals surface area contributed by atoms with Gasteiger partial charge in [0, 0.05) is 5.92 Å². The third kappa shape index (κ3) is 2.06. The molecule has 1 aliphatic heterocycles. The molecule has 2 aromatic heterocycles. The van der Waals surface area contributed by atoms with E-state index in [1.165, 1.54) is 0 Å². The Morgan fingerprint density at radius 1 is 1.46 bits per heavy atom. The third-order valence-electron chi connectivity index (χ3n) is 5.44. The van der Waals surface area contributed by atoms with Gasteiger partial charge in [0.15, 0.2) is 11.9 Å². The van der Waals surface area contributed by atoms with Gasteiger partial charge in [-0.1, -0.05) is 6.92 Å². The summed E-state index contributed by atoms with van der Waals surface area (Å²) in [4.78, 5) is 13.0. The van der Waals surface area contributed by atoms with Gasteiger partial charge in [0.05, 0.1) is 30.8 Å². The van der Waals surface area contributed by atoms with E-state index in [9.17, 15) is 5.11 Å². The fraction of sp³-hybridized carbons (Fsp3) is 0.688. The molecule has 1 spiro atoms. The number of hydrogen-bond donors (Lipinski definition) is 2. The summed E-state index contributed by atoms with van der Waals surface area (Å²) in [6.45, 7) is 6.27. The summed E-state index contributed by atoms with van der Waals surface area (Å²) in [5, 5.41) is 10.6. The maximum Gasteiger partial charge on any atom is 0.222 e. The normalized spacial score (nSPS) is 36.2. The molecule has 8 nitrogen and oxygen atoms in total. The lowest BCUT2D eigenvalue weighted by Gasteiger charge is -2.35. The smallest absolute Gasteiger partial charge is 0.222 e. The molecule has 2 aliphatic rings. The first kappa shape index (κ1) is 15.7. The fourth-order valence-corrected chi connectivity index (χ4v) is 4.43. The van der Waals surface area contributed by atoms with Crippen molar-refractivity contribution < 1.29 is 14.6 Å². The van der Waals surface area contributed by atoms with Crippen LogP contribution in [0.2, 0.25) is 0 Å². The maximum atomic E-state index is 10.6. The summed E-state index contributed by atoms with van der Waals surface area (Å²) in [6, 6.07) is -0.110. The van der Waals surface area contributed by atoms with Crippen LogP contribution in [0.25, 0.3) is 11.2 Å². The summed E-state index contributed by atoms with van der Waals surface area (Å²) in [6.07, 6.45) is 2.39. The molecule has 0 amide bonds. The predicted octanol–water partition coefficient (Wildman–Crippen LogP) is 1.18. The number of rotatable bonds is 2. The largest absolute Gasteiger partial charge is 0.393 e. The second kappa shape index (κ2) is 5.37. The number of imidazole rings is 1. The maximum absolute atomic E-state index is 10.6. The Morgan fingerprint density at radius 3 is 2.92 bits per heavy atom. The quantitative estimate of drug-likeness (QED) is 0.849. The van der Waals surface area contributed by atoms with E-state index in [4.69, 9.17) is 15.2 Å². The highest BCUT2D eigenvalue weighted by atomic mass is 16.7. The number of aryl methyl sites for hydroxylation is 1. The summed E-state index contributed by atoms with van der Waals surface area (Å²) in [5.74, 6) is 0.225. The highest BCUT2D eigenvalue weighted by Gasteiger charge is 2.59. The standard InChI is InChI=1S/C16H23N5O3/c1-4-10-11(22)5-12(16(10)6-23-9(3)24-16)21-7-18-13-8(2)19-15(17)20-14(13)21/h7,9-12,22H,4-6H2,1-3H3,(H2,17,19,20)/t9?,10-,11+,12+,16+/m1/s1. The Balaban J connectivity index is 1.86. The van der Waals surface area contributed by atoms with Gasteiger partial charge in [0.2, 0.25) is 5.95 Å². The van der Waals surface area contributed by atoms with E-state index in [0.29, 0.717) is 18.7 Å². The number of anilines is 1. The minimum Gasteiger partial charge on any atom is -0.393 e. The first-order chi connectivity index (χ1) is 11.5. The molecular weight excluding hydrogens is 310 g/mol. The second-order valence-electron chi connectivity index (χ2n) is 6.78. The van der Waals surface area contributed by atoms with Crippen LogP contribution < -0.4 is 5.73 Å². The van der Waals surface area contributed by atoms with Crippen LogP contribution in [0.4, 0.5) is 5.95 Å². The molecule has 1 unspecified atom stereocenters. The number of nitrogen functional groups attached to an aromatic ring is 1. The number of aromatic nitrogens is 4. The van der Waals surface area contributed by atoms with E-state index in [0.717, 1.165) is 17.6 Å². The molecular formula is C16H23N5O3. The van der Waals surface area contributed by atoms with Crippen molar-refractivity contribution in [2.45, 2.75) is 57.6 Å². The summed E-state index contributed by atoms with van der Waals surface area (Å²) in [5.41, 5.74) is 7.40. The van der Waals surface area contributed by atoms with Crippen molar-refractivity contribution in [2.75, 3.05) is 12.3 Å². The van der Waals surface area contributed by atoms with Crippen molar-refractivity contribution in [2.24, 2.45) is 5.92 Å². The fourth-order valence-electron chi connectivity index (χ4n) is 4.43. The summed E-state index contributed by atoms with van der Waals surface area (Å²) < 4.78 is 13.9. The van der Waals surface area contributed by atoms with Crippen LogP contribution in [-0.4, -0.2) is 49.2 Å². The number of nitrogens with two attached hydrogens (primary N) is 1. The number of nitrogens with zero attached hydrogens (tertiary/aromatic N) is 4. The van der Waals surface area contributed by atoms with Crippen molar-refractivity contribution in [3.8, 4) is 0 Å². The van der Waals surface area contributed by atoms with E-state index >= 15 is 0 Å². The Bertz CT molecular complexity index is 778. The molecule has 3 N–H and O–H groups in total. The Labute approximate surface area is 140 Å². The van der Waals surface area contributed by atoms with Gasteiger partial charge in [0.1, 0.15) is 11.1 Å². The minimum absolute atomic E-state index is 0.00480. The number of fused-ring (bicyclic) bond motifs is 1. The van der Waals surface area contributed by atoms with Crippen LogP contribution in [-0.2, 0) is 9.47 Å². The van der Waals surface area contributed by atoms with E-state index < -0.39 is 11.7 Å². The van der Waals surface area contributed by atoms with E-state index in [2.05, 4.69) is 21.9 Å². The molecule has 0 bridgehead atoms. The van der Waals surface area contributed by atoms with Crippen LogP contribution in [0, 0.1) is 12.8 Å². The molecule has 0 radical (unpaired) electrons. The van der Waals surface area contributed by atoms with E-state index in [1.807, 2.05) is 18.4 Å². The van der Waals surface area contributed by atoms with Gasteiger partial charge in [-0.25, -0.2) is 9.97 Å². The van der Waals surface area contributed by atoms with Crippen molar-refractivity contribution >= 4 is 17.1 Å². The van der Waals surface area contributed by atoms with Gasteiger partial charge < -0.3 is 24.9 Å². The van der Waals surface area contributed by atoms with Crippen molar-refractivity contribution in [1.82, 2.24) is 19.5 Å². The first-order valence-corrected chi connectivity index (χ1v) is 8.40. The average molecular weight is 333 g/mol. The average Bonchev–Trinajstić information content (AvgIpc) is 3.17. The third-order valence-corrected chi connectivity index (χ3v) is 5.44. The Morgan fingerprint density at radius 2 is 2.25 bits per heavy atom. The molecule has 130 valence electrons. The summed E-state index contributed by atoms with van der Waals surface area (Å²) in [7, 11) is 0. The molecule has 3 heterocycles. The lowest BCUT2D eigenvalue weighted by Crippen LogP contribution is -2.45. The molecule has 2 fully saturated rings. The van der Waals surface area contributed by atoms with Gasteiger partial charge in [-0.15, -0.1) is 0 Å². The SMILES string of the molecule is CC[C@@H]1[C@@H](O)C[C@H](n2cnc3c(C)nc(N)nc32)[C@]12COC(C)O2. The number of aliphatic hydroxyl groups is 1. The van der Waals surface area contributed by atoms with Gasteiger partial charge in [-0.2, -0.15) is 4.98 Å². The second-order valence-corrected chi connectivity index (χ2v) is 6.78. The molecule has 1 aliphatic carbocycles. The van der Waals surface area contributed by atoms with Crippen molar-refractivity contribution in [3.63, 3.8) is 0 Å². The molecule has 5 atom stereocenters. The van der Waals surface area contributed by atoms with Crippen LogP contribution in [0.3, 0.4) is 0 Å². The summed E-state index contributed by atoms with van der Waals surface area (Å²) >= 11 is 0. The van der Waals surface area contributed by atoms with Gasteiger partial charge >= 0.3 is 0 Å². The van der Waals surface area contributed by atoms with E-state index in [1.54, 1.807) is 6.33 Å². The van der Waals surface area contributed by atoms with Crippen molar-refractivity contribution in [1.29, 1.82) is 0 Å². The number of aliphatic hydroxyl groups excluding tert-OH is 1. The predicted molar refractivity (Wildman–Crippen MR) is 87.1 cm³/mol. The molecule has 24 heavy (non-hydrogen) atoms. The zero-order valence-corrected chi connectivity index (χ0v) is 14.1. The number of hydrogen-bond acceptors (Lipinski definition) is 7.